The third kappa shape index (κ3) is 5.25. The standard InChI is InChI=1S/C21H18Cl2N4O2/c1-13(28)26-17-6-2-14(3-7-17)12-27(20-9-5-16(23)11-25-20)21(29)18-10-15(22)4-8-19(18)24/h2-11H,12,24H2,1H3,(H,26,28). The van der Waals surface area contributed by atoms with Gasteiger partial charge in [-0.15, -0.1) is 0 Å². The summed E-state index contributed by atoms with van der Waals surface area (Å²) in [6, 6.07) is 15.2. The molecule has 2 aromatic carbocycles. The number of benzene rings is 2. The Bertz CT molecular complexity index is 1040. The number of pyridine rings is 1. The van der Waals surface area contributed by atoms with Crippen molar-refractivity contribution in [2.75, 3.05) is 16.0 Å². The number of carbonyl (C=O) groups excluding carboxylic acids is 2. The monoisotopic (exact) mass is 428 g/mol. The topological polar surface area (TPSA) is 88.3 Å². The van der Waals surface area contributed by atoms with Gasteiger partial charge in [0.25, 0.3) is 5.91 Å². The molecule has 0 aliphatic heterocycles. The molecular formula is C21H18Cl2N4O2. The number of hydrogen-bond donors (Lipinski definition) is 2. The number of rotatable bonds is 5. The number of carbonyl (C=O) groups is 2. The number of nitrogens with zero attached hydrogens (tertiary/aromatic N) is 2. The Morgan fingerprint density at radius 2 is 1.72 bits per heavy atom. The van der Waals surface area contributed by atoms with Crippen LogP contribution < -0.4 is 16.0 Å². The van der Waals surface area contributed by atoms with Gasteiger partial charge in [0.15, 0.2) is 0 Å². The summed E-state index contributed by atoms with van der Waals surface area (Å²) in [5.41, 5.74) is 8.11. The van der Waals surface area contributed by atoms with Crippen molar-refractivity contribution in [2.24, 2.45) is 0 Å². The Kier molecular flexibility index (Phi) is 6.36. The number of nitrogens with two attached hydrogens (primary N) is 1. The van der Waals surface area contributed by atoms with Crippen LogP contribution in [0.15, 0.2) is 60.8 Å². The SMILES string of the molecule is CC(=O)Nc1ccc(CN(C(=O)c2cc(Cl)ccc2N)c2ccc(Cl)cn2)cc1. The fourth-order valence-corrected chi connectivity index (χ4v) is 3.01. The first-order valence-corrected chi connectivity index (χ1v) is 9.44. The Hall–Kier alpha value is -3.09. The lowest BCUT2D eigenvalue weighted by Crippen LogP contribution is -2.31. The molecule has 0 radical (unpaired) electrons. The Balaban J connectivity index is 1.95. The van der Waals surface area contributed by atoms with Gasteiger partial charge in [0.2, 0.25) is 5.91 Å². The maximum atomic E-state index is 13.3. The summed E-state index contributed by atoms with van der Waals surface area (Å²) in [6.45, 7) is 1.68. The summed E-state index contributed by atoms with van der Waals surface area (Å²) < 4.78 is 0. The van der Waals surface area contributed by atoms with E-state index in [2.05, 4.69) is 10.3 Å². The fourth-order valence-electron chi connectivity index (χ4n) is 2.72. The van der Waals surface area contributed by atoms with Gasteiger partial charge >= 0.3 is 0 Å². The first-order valence-electron chi connectivity index (χ1n) is 8.68. The van der Waals surface area contributed by atoms with Crippen molar-refractivity contribution in [3.8, 4) is 0 Å². The Morgan fingerprint density at radius 1 is 1.03 bits per heavy atom. The Morgan fingerprint density at radius 3 is 2.34 bits per heavy atom. The van der Waals surface area contributed by atoms with Crippen LogP contribution >= 0.6 is 23.2 Å². The molecule has 0 saturated heterocycles. The lowest BCUT2D eigenvalue weighted by Gasteiger charge is -2.23. The summed E-state index contributed by atoms with van der Waals surface area (Å²) in [5, 5.41) is 3.58. The van der Waals surface area contributed by atoms with E-state index in [9.17, 15) is 9.59 Å². The number of aromatic nitrogens is 1. The predicted octanol–water partition coefficient (Wildman–Crippen LogP) is 4.78. The average Bonchev–Trinajstić information content (AvgIpc) is 2.69. The summed E-state index contributed by atoms with van der Waals surface area (Å²) >= 11 is 12.0. The van der Waals surface area contributed by atoms with Crippen LogP contribution in [0.25, 0.3) is 0 Å². The zero-order valence-corrected chi connectivity index (χ0v) is 17.0. The average molecular weight is 429 g/mol. The molecule has 3 N–H and O–H groups in total. The number of halogens is 2. The Labute approximate surface area is 178 Å². The van der Waals surface area contributed by atoms with E-state index in [1.165, 1.54) is 24.1 Å². The van der Waals surface area contributed by atoms with Crippen LogP contribution in [0.1, 0.15) is 22.8 Å². The van der Waals surface area contributed by atoms with Crippen molar-refractivity contribution < 1.29 is 9.59 Å². The van der Waals surface area contributed by atoms with E-state index in [1.807, 2.05) is 12.1 Å². The van der Waals surface area contributed by atoms with E-state index in [0.29, 0.717) is 27.2 Å². The molecular weight excluding hydrogens is 411 g/mol. The van der Waals surface area contributed by atoms with Gasteiger partial charge in [-0.25, -0.2) is 4.98 Å². The number of nitrogen functional groups attached to an aromatic ring is 1. The van der Waals surface area contributed by atoms with Crippen LogP contribution in [0.2, 0.25) is 10.0 Å². The lowest BCUT2D eigenvalue weighted by molar-refractivity contribution is -0.114. The van der Waals surface area contributed by atoms with Gasteiger partial charge in [0.05, 0.1) is 17.1 Å². The minimum Gasteiger partial charge on any atom is -0.398 e. The normalized spacial score (nSPS) is 10.4. The molecule has 0 unspecified atom stereocenters. The molecule has 29 heavy (non-hydrogen) atoms. The molecule has 3 aromatic rings. The number of amides is 2. The molecule has 2 amide bonds. The highest BCUT2D eigenvalue weighted by Gasteiger charge is 2.22. The van der Waals surface area contributed by atoms with Crippen molar-refractivity contribution in [3.63, 3.8) is 0 Å². The molecule has 0 aliphatic rings. The van der Waals surface area contributed by atoms with Crippen LogP contribution in [-0.2, 0) is 11.3 Å². The molecule has 0 aliphatic carbocycles. The molecule has 0 spiro atoms. The van der Waals surface area contributed by atoms with Crippen LogP contribution in [0.5, 0.6) is 0 Å². The van der Waals surface area contributed by atoms with Gasteiger partial charge in [-0.1, -0.05) is 35.3 Å². The lowest BCUT2D eigenvalue weighted by atomic mass is 10.1. The number of hydrogen-bond acceptors (Lipinski definition) is 4. The third-order valence-corrected chi connectivity index (χ3v) is 4.55. The van der Waals surface area contributed by atoms with E-state index < -0.39 is 0 Å². The maximum Gasteiger partial charge on any atom is 0.261 e. The highest BCUT2D eigenvalue weighted by Crippen LogP contribution is 2.25. The second-order valence-electron chi connectivity index (χ2n) is 6.34. The van der Waals surface area contributed by atoms with Gasteiger partial charge in [0, 0.05) is 29.5 Å². The van der Waals surface area contributed by atoms with Crippen LogP contribution in [0.3, 0.4) is 0 Å². The quantitative estimate of drug-likeness (QED) is 0.572. The zero-order chi connectivity index (χ0) is 21.0. The van der Waals surface area contributed by atoms with Crippen molar-refractivity contribution in [1.29, 1.82) is 0 Å². The van der Waals surface area contributed by atoms with E-state index in [4.69, 9.17) is 28.9 Å². The van der Waals surface area contributed by atoms with Gasteiger partial charge in [-0.2, -0.15) is 0 Å². The second kappa shape index (κ2) is 8.94. The van der Waals surface area contributed by atoms with Gasteiger partial charge in [-0.05, 0) is 48.0 Å². The largest absolute Gasteiger partial charge is 0.398 e. The first-order chi connectivity index (χ1) is 13.8. The highest BCUT2D eigenvalue weighted by atomic mass is 35.5. The van der Waals surface area contributed by atoms with Crippen molar-refractivity contribution in [3.05, 3.63) is 82.0 Å². The van der Waals surface area contributed by atoms with Crippen LogP contribution in [-0.4, -0.2) is 16.8 Å². The minimum absolute atomic E-state index is 0.156. The van der Waals surface area contributed by atoms with E-state index in [-0.39, 0.29) is 23.9 Å². The molecule has 0 bridgehead atoms. The van der Waals surface area contributed by atoms with E-state index in [0.717, 1.165) is 5.56 Å². The maximum absolute atomic E-state index is 13.3. The minimum atomic E-state index is -0.342. The molecule has 1 aromatic heterocycles. The molecule has 8 heteroatoms. The van der Waals surface area contributed by atoms with E-state index >= 15 is 0 Å². The first kappa shape index (κ1) is 20.6. The highest BCUT2D eigenvalue weighted by molar-refractivity contribution is 6.31. The molecule has 0 atom stereocenters. The van der Waals surface area contributed by atoms with Crippen molar-refractivity contribution in [2.45, 2.75) is 13.5 Å². The van der Waals surface area contributed by atoms with E-state index in [1.54, 1.807) is 36.4 Å². The molecule has 3 rings (SSSR count). The van der Waals surface area contributed by atoms with Gasteiger partial charge in [-0.3, -0.25) is 14.5 Å². The number of anilines is 3. The summed E-state index contributed by atoms with van der Waals surface area (Å²) in [6.07, 6.45) is 1.47. The van der Waals surface area contributed by atoms with Gasteiger partial charge < -0.3 is 11.1 Å². The number of nitrogens with one attached hydrogen (secondary N) is 1. The predicted molar refractivity (Wildman–Crippen MR) is 116 cm³/mol. The van der Waals surface area contributed by atoms with Crippen LogP contribution in [0.4, 0.5) is 17.2 Å². The molecule has 0 saturated carbocycles. The second-order valence-corrected chi connectivity index (χ2v) is 7.21. The summed E-state index contributed by atoms with van der Waals surface area (Å²) in [5.74, 6) is -0.0770. The van der Waals surface area contributed by atoms with Crippen molar-refractivity contribution >= 4 is 52.2 Å². The molecule has 0 fully saturated rings. The molecule has 148 valence electrons. The summed E-state index contributed by atoms with van der Waals surface area (Å²) in [4.78, 5) is 30.2. The molecule has 1 heterocycles. The summed E-state index contributed by atoms with van der Waals surface area (Å²) in [7, 11) is 0. The molecule has 6 nitrogen and oxygen atoms in total. The van der Waals surface area contributed by atoms with Crippen molar-refractivity contribution in [1.82, 2.24) is 4.98 Å². The van der Waals surface area contributed by atoms with Gasteiger partial charge in [0.1, 0.15) is 5.82 Å². The zero-order valence-electron chi connectivity index (χ0n) is 15.5. The smallest absolute Gasteiger partial charge is 0.261 e. The third-order valence-electron chi connectivity index (χ3n) is 4.09. The fraction of sp³-hybridized carbons (Fsp3) is 0.0952. The van der Waals surface area contributed by atoms with Crippen LogP contribution in [0, 0.1) is 0 Å².